The van der Waals surface area contributed by atoms with Crippen molar-refractivity contribution in [2.24, 2.45) is 5.92 Å². The molecule has 1 aliphatic carbocycles. The molecule has 1 aliphatic heterocycles. The van der Waals surface area contributed by atoms with Crippen LogP contribution in [0.1, 0.15) is 38.8 Å². The van der Waals surface area contributed by atoms with Crippen molar-refractivity contribution in [2.75, 3.05) is 26.2 Å². The lowest BCUT2D eigenvalue weighted by molar-refractivity contribution is -0.134. The summed E-state index contributed by atoms with van der Waals surface area (Å²) >= 11 is 1.34. The second kappa shape index (κ2) is 8.36. The molecule has 0 unspecified atom stereocenters. The molecule has 1 saturated heterocycles. The first kappa shape index (κ1) is 19.0. The predicted molar refractivity (Wildman–Crippen MR) is 107 cm³/mol. The highest BCUT2D eigenvalue weighted by molar-refractivity contribution is 7.13. The van der Waals surface area contributed by atoms with E-state index in [0.29, 0.717) is 24.0 Å². The van der Waals surface area contributed by atoms with E-state index in [0.717, 1.165) is 49.6 Å². The van der Waals surface area contributed by atoms with Gasteiger partial charge >= 0.3 is 0 Å². The predicted octanol–water partition coefficient (Wildman–Crippen LogP) is 1.83. The van der Waals surface area contributed by atoms with E-state index >= 15 is 0 Å². The lowest BCUT2D eigenvalue weighted by Gasteiger charge is -2.34. The number of carbonyl (C=O) groups is 2. The van der Waals surface area contributed by atoms with Crippen LogP contribution in [0.5, 0.6) is 0 Å². The van der Waals surface area contributed by atoms with E-state index < -0.39 is 0 Å². The number of nitrogens with zero attached hydrogens (tertiary/aromatic N) is 4. The third-order valence-corrected chi connectivity index (χ3v) is 6.11. The fourth-order valence-corrected chi connectivity index (χ4v) is 4.08. The van der Waals surface area contributed by atoms with E-state index in [-0.39, 0.29) is 11.8 Å². The summed E-state index contributed by atoms with van der Waals surface area (Å²) in [4.78, 5) is 28.7. The molecule has 1 N–H and O–H groups in total. The van der Waals surface area contributed by atoms with Gasteiger partial charge < -0.3 is 10.2 Å². The molecule has 0 radical (unpaired) electrons. The van der Waals surface area contributed by atoms with Gasteiger partial charge in [0.15, 0.2) is 0 Å². The first-order chi connectivity index (χ1) is 13.6. The highest BCUT2D eigenvalue weighted by Gasteiger charge is 2.34. The van der Waals surface area contributed by atoms with Gasteiger partial charge in [0.1, 0.15) is 5.01 Å². The summed E-state index contributed by atoms with van der Waals surface area (Å²) in [5, 5.41) is 12.4. The third kappa shape index (κ3) is 4.74. The Hall–Kier alpha value is -2.32. The fourth-order valence-electron chi connectivity index (χ4n) is 3.28. The Labute approximate surface area is 168 Å². The summed E-state index contributed by atoms with van der Waals surface area (Å²) in [5.41, 5.74) is 2.25. The first-order valence-corrected chi connectivity index (χ1v) is 10.6. The molecular formula is C20H25N5O2S. The van der Waals surface area contributed by atoms with Crippen molar-refractivity contribution in [1.29, 1.82) is 0 Å². The summed E-state index contributed by atoms with van der Waals surface area (Å²) < 4.78 is 0. The molecule has 2 fully saturated rings. The number of nitrogens with one attached hydrogen (secondary N) is 1. The van der Waals surface area contributed by atoms with Crippen LogP contribution in [0.2, 0.25) is 0 Å². The normalized spacial score (nSPS) is 17.5. The molecule has 2 aliphatic rings. The monoisotopic (exact) mass is 399 g/mol. The fraction of sp³-hybridized carbons (Fsp3) is 0.500. The van der Waals surface area contributed by atoms with E-state index in [4.69, 9.17) is 0 Å². The summed E-state index contributed by atoms with van der Waals surface area (Å²) in [5.74, 6) is 0.419. The molecule has 2 heterocycles. The zero-order valence-electron chi connectivity index (χ0n) is 16.1. The van der Waals surface area contributed by atoms with Gasteiger partial charge in [-0.25, -0.2) is 0 Å². The smallest absolute Gasteiger partial charge is 0.282 e. The van der Waals surface area contributed by atoms with Gasteiger partial charge in [0.2, 0.25) is 10.9 Å². The van der Waals surface area contributed by atoms with Crippen LogP contribution >= 0.6 is 11.3 Å². The zero-order valence-corrected chi connectivity index (χ0v) is 16.9. The second-order valence-corrected chi connectivity index (χ2v) is 8.61. The lowest BCUT2D eigenvalue weighted by atomic mass is 10.1. The average Bonchev–Trinajstić information content (AvgIpc) is 3.46. The van der Waals surface area contributed by atoms with Crippen molar-refractivity contribution in [1.82, 2.24) is 25.3 Å². The van der Waals surface area contributed by atoms with Gasteiger partial charge in [-0.05, 0) is 25.3 Å². The van der Waals surface area contributed by atoms with Crippen molar-refractivity contribution in [3.8, 4) is 0 Å². The standard InChI is InChI=1S/C20H25N5O2S/c1-14-2-4-15(5-3-14)12-21-18(26)19-23-22-17(28-19)13-24-8-10-25(11-9-24)20(27)16-6-7-16/h2-5,16H,6-13H2,1H3,(H,21,26). The third-order valence-electron chi connectivity index (χ3n) is 5.20. The van der Waals surface area contributed by atoms with Gasteiger partial charge in [-0.15, -0.1) is 10.2 Å². The molecule has 7 nitrogen and oxygen atoms in total. The number of rotatable bonds is 6. The number of amides is 2. The molecule has 4 rings (SSSR count). The Morgan fingerprint density at radius 1 is 1.11 bits per heavy atom. The van der Waals surface area contributed by atoms with Gasteiger partial charge in [0.25, 0.3) is 5.91 Å². The Morgan fingerprint density at radius 2 is 1.82 bits per heavy atom. The molecule has 0 bridgehead atoms. The van der Waals surface area contributed by atoms with Crippen molar-refractivity contribution >= 4 is 23.2 Å². The molecule has 1 aromatic heterocycles. The Balaban J connectivity index is 1.24. The number of piperazine rings is 1. The first-order valence-electron chi connectivity index (χ1n) is 9.76. The summed E-state index contributed by atoms with van der Waals surface area (Å²) in [6, 6.07) is 8.08. The van der Waals surface area contributed by atoms with Crippen molar-refractivity contribution in [3.63, 3.8) is 0 Å². The molecule has 1 aromatic carbocycles. The van der Waals surface area contributed by atoms with E-state index in [1.54, 1.807) is 0 Å². The number of hydrogen-bond acceptors (Lipinski definition) is 6. The molecule has 2 amide bonds. The maximum Gasteiger partial charge on any atom is 0.282 e. The van der Waals surface area contributed by atoms with E-state index in [1.165, 1.54) is 16.9 Å². The van der Waals surface area contributed by atoms with Crippen LogP contribution in [0.4, 0.5) is 0 Å². The number of aromatic nitrogens is 2. The minimum atomic E-state index is -0.191. The van der Waals surface area contributed by atoms with Gasteiger partial charge in [-0.1, -0.05) is 41.2 Å². The molecular weight excluding hydrogens is 374 g/mol. The Bertz CT molecular complexity index is 839. The number of hydrogen-bond donors (Lipinski definition) is 1. The summed E-state index contributed by atoms with van der Waals surface area (Å²) in [7, 11) is 0. The van der Waals surface area contributed by atoms with Crippen LogP contribution in [-0.2, 0) is 17.9 Å². The Morgan fingerprint density at radius 3 is 2.50 bits per heavy atom. The number of aryl methyl sites for hydroxylation is 1. The van der Waals surface area contributed by atoms with Crippen LogP contribution in [0.25, 0.3) is 0 Å². The highest BCUT2D eigenvalue weighted by Crippen LogP contribution is 2.31. The molecule has 0 atom stereocenters. The molecule has 148 valence electrons. The van der Waals surface area contributed by atoms with E-state index in [1.807, 2.05) is 36.1 Å². The van der Waals surface area contributed by atoms with Crippen LogP contribution < -0.4 is 5.32 Å². The molecule has 28 heavy (non-hydrogen) atoms. The largest absolute Gasteiger partial charge is 0.346 e. The number of carbonyl (C=O) groups excluding carboxylic acids is 2. The van der Waals surface area contributed by atoms with Crippen molar-refractivity contribution in [2.45, 2.75) is 32.9 Å². The van der Waals surface area contributed by atoms with Crippen LogP contribution in [0, 0.1) is 12.8 Å². The molecule has 8 heteroatoms. The minimum Gasteiger partial charge on any atom is -0.346 e. The average molecular weight is 400 g/mol. The van der Waals surface area contributed by atoms with Gasteiger partial charge in [0, 0.05) is 38.6 Å². The zero-order chi connectivity index (χ0) is 19.5. The second-order valence-electron chi connectivity index (χ2n) is 7.54. The quantitative estimate of drug-likeness (QED) is 0.802. The maximum absolute atomic E-state index is 12.3. The van der Waals surface area contributed by atoms with Crippen molar-refractivity contribution in [3.05, 3.63) is 45.4 Å². The highest BCUT2D eigenvalue weighted by atomic mass is 32.1. The van der Waals surface area contributed by atoms with E-state index in [9.17, 15) is 9.59 Å². The molecule has 1 saturated carbocycles. The van der Waals surface area contributed by atoms with E-state index in [2.05, 4.69) is 20.4 Å². The molecule has 2 aromatic rings. The Kier molecular flexibility index (Phi) is 5.68. The minimum absolute atomic E-state index is 0.191. The topological polar surface area (TPSA) is 78.4 Å². The van der Waals surface area contributed by atoms with Crippen LogP contribution in [-0.4, -0.2) is 58.0 Å². The number of benzene rings is 1. The SMILES string of the molecule is Cc1ccc(CNC(=O)c2nnc(CN3CCN(C(=O)C4CC4)CC3)s2)cc1. The van der Waals surface area contributed by atoms with Crippen LogP contribution in [0.3, 0.4) is 0 Å². The van der Waals surface area contributed by atoms with Gasteiger partial charge in [-0.3, -0.25) is 14.5 Å². The summed E-state index contributed by atoms with van der Waals surface area (Å²) in [6.07, 6.45) is 2.11. The van der Waals surface area contributed by atoms with Gasteiger partial charge in [0.05, 0.1) is 6.54 Å². The van der Waals surface area contributed by atoms with Crippen molar-refractivity contribution < 1.29 is 9.59 Å². The maximum atomic E-state index is 12.3. The lowest BCUT2D eigenvalue weighted by Crippen LogP contribution is -2.48. The van der Waals surface area contributed by atoms with Crippen LogP contribution in [0.15, 0.2) is 24.3 Å². The summed E-state index contributed by atoms with van der Waals surface area (Å²) in [6.45, 7) is 6.42. The van der Waals surface area contributed by atoms with Gasteiger partial charge in [-0.2, -0.15) is 0 Å². The molecule has 0 spiro atoms.